The Labute approximate surface area is 154 Å². The first-order valence-electron chi connectivity index (χ1n) is 9.09. The van der Waals surface area contributed by atoms with Crippen LogP contribution in [0.25, 0.3) is 21.9 Å². The summed E-state index contributed by atoms with van der Waals surface area (Å²) in [5, 5.41) is 15.3. The quantitative estimate of drug-likeness (QED) is 0.627. The van der Waals surface area contributed by atoms with Crippen molar-refractivity contribution in [2.24, 2.45) is 0 Å². The van der Waals surface area contributed by atoms with Gasteiger partial charge in [-0.25, -0.2) is 4.79 Å². The maximum atomic E-state index is 11.5. The Bertz CT molecular complexity index is 946. The molecule has 3 aromatic rings. The molecule has 2 N–H and O–H groups in total. The number of benzene rings is 3. The molecule has 3 nitrogen and oxygen atoms in total. The summed E-state index contributed by atoms with van der Waals surface area (Å²) < 4.78 is 0. The van der Waals surface area contributed by atoms with Crippen molar-refractivity contribution in [2.75, 3.05) is 0 Å². The van der Waals surface area contributed by atoms with Crippen molar-refractivity contribution in [2.45, 2.75) is 39.8 Å². The fourth-order valence-electron chi connectivity index (χ4n) is 3.29. The zero-order chi connectivity index (χ0) is 18.7. The molecule has 0 heterocycles. The van der Waals surface area contributed by atoms with E-state index < -0.39 is 5.97 Å². The fourth-order valence-corrected chi connectivity index (χ4v) is 3.29. The molecule has 3 rings (SSSR count). The molecule has 0 radical (unpaired) electrons. The van der Waals surface area contributed by atoms with Gasteiger partial charge in [0.2, 0.25) is 0 Å². The molecule has 0 aliphatic heterocycles. The van der Waals surface area contributed by atoms with Crippen LogP contribution in [-0.2, 0) is 6.54 Å². The third-order valence-electron chi connectivity index (χ3n) is 5.04. The minimum atomic E-state index is -0.886. The molecule has 3 heteroatoms. The van der Waals surface area contributed by atoms with Crippen LogP contribution in [-0.4, -0.2) is 17.1 Å². The highest BCUT2D eigenvalue weighted by atomic mass is 16.4. The second-order valence-corrected chi connectivity index (χ2v) is 6.84. The van der Waals surface area contributed by atoms with Crippen LogP contribution < -0.4 is 5.32 Å². The van der Waals surface area contributed by atoms with Crippen LogP contribution in [0.1, 0.15) is 41.8 Å². The van der Waals surface area contributed by atoms with E-state index in [0.29, 0.717) is 11.6 Å². The highest BCUT2D eigenvalue weighted by Gasteiger charge is 2.14. The average Bonchev–Trinajstić information content (AvgIpc) is 2.65. The molecule has 1 atom stereocenters. The third-order valence-corrected chi connectivity index (χ3v) is 5.04. The predicted molar refractivity (Wildman–Crippen MR) is 108 cm³/mol. The number of carboxylic acid groups (broad SMARTS) is 1. The van der Waals surface area contributed by atoms with Gasteiger partial charge in [-0.3, -0.25) is 0 Å². The summed E-state index contributed by atoms with van der Waals surface area (Å²) in [7, 11) is 0. The number of carboxylic acids is 1. The van der Waals surface area contributed by atoms with Gasteiger partial charge in [0.15, 0.2) is 0 Å². The van der Waals surface area contributed by atoms with E-state index in [1.165, 1.54) is 10.9 Å². The van der Waals surface area contributed by atoms with Gasteiger partial charge < -0.3 is 10.4 Å². The van der Waals surface area contributed by atoms with E-state index in [9.17, 15) is 9.90 Å². The maximum absolute atomic E-state index is 11.5. The number of nitrogens with one attached hydrogen (secondary N) is 1. The van der Waals surface area contributed by atoms with Crippen LogP contribution in [0.2, 0.25) is 0 Å². The topological polar surface area (TPSA) is 49.3 Å². The standard InChI is InChI=1S/C23H25NO2/c1-4-15(2)24-14-17-12-18-8-5-6-9-21(18)22(13-17)19-10-7-11-20(16(19)3)23(25)26/h5-13,15,24H,4,14H2,1-3H3,(H,25,26). The third kappa shape index (κ3) is 3.63. The summed E-state index contributed by atoms with van der Waals surface area (Å²) in [6.45, 7) is 7.04. The van der Waals surface area contributed by atoms with Crippen molar-refractivity contribution in [1.29, 1.82) is 0 Å². The Morgan fingerprint density at radius 1 is 1.08 bits per heavy atom. The summed E-state index contributed by atoms with van der Waals surface area (Å²) in [5.74, 6) is -0.886. The number of aromatic carboxylic acids is 1. The Balaban J connectivity index is 2.15. The highest BCUT2D eigenvalue weighted by molar-refractivity contribution is 6.00. The summed E-state index contributed by atoms with van der Waals surface area (Å²) in [6, 6.07) is 18.6. The molecule has 0 spiro atoms. The lowest BCUT2D eigenvalue weighted by Gasteiger charge is -2.16. The molecule has 0 aliphatic rings. The lowest BCUT2D eigenvalue weighted by molar-refractivity contribution is 0.0696. The average molecular weight is 347 g/mol. The molecule has 0 fully saturated rings. The van der Waals surface area contributed by atoms with Crippen molar-refractivity contribution >= 4 is 16.7 Å². The largest absolute Gasteiger partial charge is 0.478 e. The summed E-state index contributed by atoms with van der Waals surface area (Å²) in [4.78, 5) is 11.5. The first-order chi connectivity index (χ1) is 12.5. The lowest BCUT2D eigenvalue weighted by Crippen LogP contribution is -2.24. The number of fused-ring (bicyclic) bond motifs is 1. The first kappa shape index (κ1) is 18.2. The molecule has 0 aromatic heterocycles. The van der Waals surface area contributed by atoms with E-state index >= 15 is 0 Å². The molecule has 0 amide bonds. The molecular formula is C23H25NO2. The van der Waals surface area contributed by atoms with Crippen molar-refractivity contribution < 1.29 is 9.90 Å². The fraction of sp³-hybridized carbons (Fsp3) is 0.261. The minimum absolute atomic E-state index is 0.356. The zero-order valence-electron chi connectivity index (χ0n) is 15.5. The normalized spacial score (nSPS) is 12.3. The van der Waals surface area contributed by atoms with Gasteiger partial charge in [-0.2, -0.15) is 0 Å². The predicted octanol–water partition coefficient (Wildman–Crippen LogP) is 5.40. The molecule has 0 aliphatic carbocycles. The summed E-state index contributed by atoms with van der Waals surface area (Å²) >= 11 is 0. The monoisotopic (exact) mass is 347 g/mol. The minimum Gasteiger partial charge on any atom is -0.478 e. The second-order valence-electron chi connectivity index (χ2n) is 6.84. The van der Waals surface area contributed by atoms with Crippen molar-refractivity contribution in [3.63, 3.8) is 0 Å². The van der Waals surface area contributed by atoms with E-state index in [4.69, 9.17) is 0 Å². The lowest BCUT2D eigenvalue weighted by atomic mass is 9.91. The van der Waals surface area contributed by atoms with E-state index in [1.54, 1.807) is 6.07 Å². The summed E-state index contributed by atoms with van der Waals surface area (Å²) in [6.07, 6.45) is 1.08. The van der Waals surface area contributed by atoms with Crippen LogP contribution in [0.3, 0.4) is 0 Å². The molecule has 26 heavy (non-hydrogen) atoms. The van der Waals surface area contributed by atoms with Crippen LogP contribution >= 0.6 is 0 Å². The number of hydrogen-bond donors (Lipinski definition) is 2. The SMILES string of the molecule is CCC(C)NCc1cc(-c2cccc(C(=O)O)c2C)c2ccccc2c1. The number of carbonyl (C=O) groups is 1. The van der Waals surface area contributed by atoms with E-state index in [-0.39, 0.29) is 0 Å². The molecule has 3 aromatic carbocycles. The maximum Gasteiger partial charge on any atom is 0.335 e. The van der Waals surface area contributed by atoms with E-state index in [1.807, 2.05) is 31.2 Å². The highest BCUT2D eigenvalue weighted by Crippen LogP contribution is 2.33. The smallest absolute Gasteiger partial charge is 0.335 e. The zero-order valence-corrected chi connectivity index (χ0v) is 15.5. The molecule has 0 saturated carbocycles. The van der Waals surface area contributed by atoms with Crippen molar-refractivity contribution in [1.82, 2.24) is 5.32 Å². The van der Waals surface area contributed by atoms with Crippen LogP contribution in [0.4, 0.5) is 0 Å². The molecule has 0 bridgehead atoms. The Kier molecular flexibility index (Phi) is 5.38. The van der Waals surface area contributed by atoms with Gasteiger partial charge in [-0.05, 0) is 71.5 Å². The Morgan fingerprint density at radius 3 is 2.58 bits per heavy atom. The van der Waals surface area contributed by atoms with Gasteiger partial charge in [0.05, 0.1) is 5.56 Å². The van der Waals surface area contributed by atoms with Gasteiger partial charge >= 0.3 is 5.97 Å². The van der Waals surface area contributed by atoms with Gasteiger partial charge in [0, 0.05) is 12.6 Å². The van der Waals surface area contributed by atoms with Crippen molar-refractivity contribution in [3.05, 3.63) is 71.3 Å². The Hall–Kier alpha value is -2.65. The van der Waals surface area contributed by atoms with Crippen LogP contribution in [0, 0.1) is 6.92 Å². The summed E-state index contributed by atoms with van der Waals surface area (Å²) in [5.41, 5.74) is 4.43. The Morgan fingerprint density at radius 2 is 1.85 bits per heavy atom. The molecule has 134 valence electrons. The molecule has 1 unspecified atom stereocenters. The number of rotatable bonds is 6. The van der Waals surface area contributed by atoms with Gasteiger partial charge in [-0.15, -0.1) is 0 Å². The van der Waals surface area contributed by atoms with Gasteiger partial charge in [0.1, 0.15) is 0 Å². The van der Waals surface area contributed by atoms with Gasteiger partial charge in [-0.1, -0.05) is 43.3 Å². The molecular weight excluding hydrogens is 322 g/mol. The first-order valence-corrected chi connectivity index (χ1v) is 9.09. The van der Waals surface area contributed by atoms with Crippen LogP contribution in [0.5, 0.6) is 0 Å². The van der Waals surface area contributed by atoms with E-state index in [0.717, 1.165) is 35.0 Å². The van der Waals surface area contributed by atoms with Gasteiger partial charge in [0.25, 0.3) is 0 Å². The van der Waals surface area contributed by atoms with E-state index in [2.05, 4.69) is 43.4 Å². The van der Waals surface area contributed by atoms with Crippen molar-refractivity contribution in [3.8, 4) is 11.1 Å². The molecule has 0 saturated heterocycles. The van der Waals surface area contributed by atoms with Crippen LogP contribution in [0.15, 0.2) is 54.6 Å². The number of hydrogen-bond acceptors (Lipinski definition) is 2. The second kappa shape index (κ2) is 7.71.